The number of carbonyl (C=O) groups is 1. The monoisotopic (exact) mass is 285 g/mol. The molecule has 2 rings (SSSR count). The van der Waals surface area contributed by atoms with Gasteiger partial charge in [0, 0.05) is 11.0 Å². The predicted octanol–water partition coefficient (Wildman–Crippen LogP) is 4.27. The molecule has 2 nitrogen and oxygen atoms in total. The van der Waals surface area contributed by atoms with Crippen LogP contribution in [0, 0.1) is 5.92 Å². The van der Waals surface area contributed by atoms with Crippen LogP contribution in [0.1, 0.15) is 30.3 Å². The Kier molecular flexibility index (Phi) is 5.13. The van der Waals surface area contributed by atoms with E-state index in [4.69, 9.17) is 0 Å². The molecule has 20 heavy (non-hydrogen) atoms. The number of nitrogens with one attached hydrogen (secondary N) is 1. The number of carbonyl (C=O) groups excluding carboxylic acids is 1. The van der Waals surface area contributed by atoms with Crippen LogP contribution in [0.25, 0.3) is 6.08 Å². The third-order valence-electron chi connectivity index (χ3n) is 3.07. The van der Waals surface area contributed by atoms with Gasteiger partial charge in [0.2, 0.25) is 5.91 Å². The summed E-state index contributed by atoms with van der Waals surface area (Å²) in [6.07, 6.45) is 3.45. The van der Waals surface area contributed by atoms with E-state index in [9.17, 15) is 4.79 Å². The first kappa shape index (κ1) is 14.5. The Morgan fingerprint density at radius 2 is 1.90 bits per heavy atom. The van der Waals surface area contributed by atoms with Crippen molar-refractivity contribution in [1.82, 2.24) is 5.32 Å². The summed E-state index contributed by atoms with van der Waals surface area (Å²) in [6, 6.07) is 14.1. The molecule has 104 valence electrons. The van der Waals surface area contributed by atoms with E-state index >= 15 is 0 Å². The van der Waals surface area contributed by atoms with Crippen molar-refractivity contribution in [2.75, 3.05) is 0 Å². The second kappa shape index (κ2) is 7.06. The predicted molar refractivity (Wildman–Crippen MR) is 85.5 cm³/mol. The van der Waals surface area contributed by atoms with Crippen LogP contribution < -0.4 is 5.32 Å². The Bertz CT molecular complexity index is 558. The summed E-state index contributed by atoms with van der Waals surface area (Å²) in [5.74, 6) is 0.289. The number of rotatable bonds is 5. The van der Waals surface area contributed by atoms with Crippen molar-refractivity contribution in [3.05, 3.63) is 64.4 Å². The molecule has 1 heterocycles. The summed E-state index contributed by atoms with van der Waals surface area (Å²) in [7, 11) is 0. The highest BCUT2D eigenvalue weighted by Gasteiger charge is 2.16. The summed E-state index contributed by atoms with van der Waals surface area (Å²) in [4.78, 5) is 13.1. The fourth-order valence-electron chi connectivity index (χ4n) is 2.04. The zero-order chi connectivity index (χ0) is 14.4. The minimum Gasteiger partial charge on any atom is -0.345 e. The SMILES string of the molecule is CC(C)[C@@H](NC(=O)/C=C/c1cccs1)c1ccccc1. The Morgan fingerprint density at radius 1 is 1.15 bits per heavy atom. The summed E-state index contributed by atoms with van der Waals surface area (Å²) in [5.41, 5.74) is 1.14. The summed E-state index contributed by atoms with van der Waals surface area (Å²) in [5, 5.41) is 5.07. The van der Waals surface area contributed by atoms with E-state index < -0.39 is 0 Å². The van der Waals surface area contributed by atoms with Crippen LogP contribution in [0.3, 0.4) is 0 Å². The van der Waals surface area contributed by atoms with Gasteiger partial charge < -0.3 is 5.32 Å². The molecule has 1 atom stereocenters. The fraction of sp³-hybridized carbons (Fsp3) is 0.235. The van der Waals surface area contributed by atoms with E-state index in [1.165, 1.54) is 0 Å². The van der Waals surface area contributed by atoms with Crippen LogP contribution in [0.2, 0.25) is 0 Å². The quantitative estimate of drug-likeness (QED) is 0.816. The van der Waals surface area contributed by atoms with E-state index in [1.54, 1.807) is 17.4 Å². The molecule has 0 spiro atoms. The van der Waals surface area contributed by atoms with E-state index in [-0.39, 0.29) is 11.9 Å². The zero-order valence-corrected chi connectivity index (χ0v) is 12.6. The molecule has 0 aliphatic rings. The first-order valence-corrected chi connectivity index (χ1v) is 7.62. The molecule has 1 aromatic carbocycles. The van der Waals surface area contributed by atoms with E-state index in [0.29, 0.717) is 5.92 Å². The van der Waals surface area contributed by atoms with Crippen molar-refractivity contribution < 1.29 is 4.79 Å². The van der Waals surface area contributed by atoms with Gasteiger partial charge in [0.1, 0.15) is 0 Å². The van der Waals surface area contributed by atoms with Crippen molar-refractivity contribution in [2.24, 2.45) is 5.92 Å². The lowest BCUT2D eigenvalue weighted by atomic mass is 9.96. The van der Waals surface area contributed by atoms with Gasteiger partial charge in [-0.25, -0.2) is 0 Å². The third kappa shape index (κ3) is 4.07. The topological polar surface area (TPSA) is 29.1 Å². The average molecular weight is 285 g/mol. The molecule has 2 aromatic rings. The molecule has 0 saturated carbocycles. The largest absolute Gasteiger partial charge is 0.345 e. The van der Waals surface area contributed by atoms with E-state index in [1.807, 2.05) is 53.9 Å². The van der Waals surface area contributed by atoms with Crippen LogP contribution in [-0.2, 0) is 4.79 Å². The fourth-order valence-corrected chi connectivity index (χ4v) is 2.66. The van der Waals surface area contributed by atoms with Crippen LogP contribution in [0.15, 0.2) is 53.9 Å². The van der Waals surface area contributed by atoms with Crippen LogP contribution in [0.5, 0.6) is 0 Å². The van der Waals surface area contributed by atoms with Crippen molar-refractivity contribution in [3.63, 3.8) is 0 Å². The molecule has 0 fully saturated rings. The maximum Gasteiger partial charge on any atom is 0.244 e. The van der Waals surface area contributed by atoms with Crippen LogP contribution in [-0.4, -0.2) is 5.91 Å². The van der Waals surface area contributed by atoms with Crippen LogP contribution >= 0.6 is 11.3 Å². The molecule has 3 heteroatoms. The lowest BCUT2D eigenvalue weighted by Gasteiger charge is -2.22. The molecule has 1 amide bonds. The van der Waals surface area contributed by atoms with Gasteiger partial charge in [0.15, 0.2) is 0 Å². The molecule has 0 bridgehead atoms. The van der Waals surface area contributed by atoms with Crippen molar-refractivity contribution in [1.29, 1.82) is 0 Å². The Balaban J connectivity index is 2.03. The van der Waals surface area contributed by atoms with E-state index in [2.05, 4.69) is 19.2 Å². The number of amides is 1. The van der Waals surface area contributed by atoms with E-state index in [0.717, 1.165) is 10.4 Å². The van der Waals surface area contributed by atoms with Crippen molar-refractivity contribution in [3.8, 4) is 0 Å². The second-order valence-corrected chi connectivity index (χ2v) is 5.97. The van der Waals surface area contributed by atoms with Gasteiger partial charge >= 0.3 is 0 Å². The third-order valence-corrected chi connectivity index (χ3v) is 3.90. The highest BCUT2D eigenvalue weighted by molar-refractivity contribution is 7.10. The molecular weight excluding hydrogens is 266 g/mol. The molecule has 0 radical (unpaired) electrons. The normalized spacial score (nSPS) is 12.8. The summed E-state index contributed by atoms with van der Waals surface area (Å²) >= 11 is 1.62. The molecular formula is C17H19NOS. The van der Waals surface area contributed by atoms with Gasteiger partial charge in [0.25, 0.3) is 0 Å². The lowest BCUT2D eigenvalue weighted by Crippen LogP contribution is -2.30. The van der Waals surface area contributed by atoms with Gasteiger partial charge in [-0.1, -0.05) is 50.2 Å². The number of thiophene rings is 1. The molecule has 1 aromatic heterocycles. The Hall–Kier alpha value is -1.87. The van der Waals surface area contributed by atoms with Gasteiger partial charge in [-0.3, -0.25) is 4.79 Å². The maximum absolute atomic E-state index is 12.0. The Labute approximate surface area is 124 Å². The summed E-state index contributed by atoms with van der Waals surface area (Å²) in [6.45, 7) is 4.22. The molecule has 0 aliphatic carbocycles. The van der Waals surface area contributed by atoms with Gasteiger partial charge in [-0.05, 0) is 29.0 Å². The second-order valence-electron chi connectivity index (χ2n) is 4.99. The maximum atomic E-state index is 12.0. The molecule has 0 saturated heterocycles. The molecule has 1 N–H and O–H groups in total. The van der Waals surface area contributed by atoms with Crippen LogP contribution in [0.4, 0.5) is 0 Å². The number of benzene rings is 1. The Morgan fingerprint density at radius 3 is 2.50 bits per heavy atom. The first-order valence-electron chi connectivity index (χ1n) is 6.74. The first-order chi connectivity index (χ1) is 9.66. The standard InChI is InChI=1S/C17H19NOS/c1-13(2)17(14-7-4-3-5-8-14)18-16(19)11-10-15-9-6-12-20-15/h3-13,17H,1-2H3,(H,18,19)/b11-10+/t17-/m1/s1. The van der Waals surface area contributed by atoms with Gasteiger partial charge in [0.05, 0.1) is 6.04 Å². The highest BCUT2D eigenvalue weighted by Crippen LogP contribution is 2.21. The molecule has 0 aliphatic heterocycles. The number of hydrogen-bond donors (Lipinski definition) is 1. The minimum atomic E-state index is -0.0547. The minimum absolute atomic E-state index is 0.0386. The zero-order valence-electron chi connectivity index (χ0n) is 11.7. The molecule has 0 unspecified atom stereocenters. The van der Waals surface area contributed by atoms with Gasteiger partial charge in [-0.15, -0.1) is 11.3 Å². The van der Waals surface area contributed by atoms with Crippen molar-refractivity contribution >= 4 is 23.3 Å². The number of hydrogen-bond acceptors (Lipinski definition) is 2. The average Bonchev–Trinajstić information content (AvgIpc) is 2.96. The lowest BCUT2D eigenvalue weighted by molar-refractivity contribution is -0.117. The van der Waals surface area contributed by atoms with Gasteiger partial charge in [-0.2, -0.15) is 0 Å². The summed E-state index contributed by atoms with van der Waals surface area (Å²) < 4.78 is 0. The smallest absolute Gasteiger partial charge is 0.244 e. The van der Waals surface area contributed by atoms with Crippen molar-refractivity contribution in [2.45, 2.75) is 19.9 Å². The highest BCUT2D eigenvalue weighted by atomic mass is 32.1.